The van der Waals surface area contributed by atoms with Gasteiger partial charge in [0.1, 0.15) is 11.0 Å². The minimum absolute atomic E-state index is 0.0714. The first kappa shape index (κ1) is 23.8. The maximum atomic E-state index is 13.7. The molecule has 2 unspecified atom stereocenters. The van der Waals surface area contributed by atoms with E-state index in [-0.39, 0.29) is 12.0 Å². The van der Waals surface area contributed by atoms with Crippen molar-refractivity contribution < 1.29 is 19.0 Å². The molecule has 3 aromatic rings. The van der Waals surface area contributed by atoms with Gasteiger partial charge < -0.3 is 19.1 Å². The lowest BCUT2D eigenvalue weighted by Crippen LogP contribution is -2.42. The Kier molecular flexibility index (Phi) is 7.66. The summed E-state index contributed by atoms with van der Waals surface area (Å²) >= 11 is 1.45. The molecule has 2 fully saturated rings. The molecule has 9 heteroatoms. The van der Waals surface area contributed by atoms with E-state index in [0.29, 0.717) is 38.0 Å². The van der Waals surface area contributed by atoms with E-state index >= 15 is 0 Å². The molecule has 8 nitrogen and oxygen atoms in total. The number of carbonyl (C=O) groups excluding carboxylic acids is 1. The van der Waals surface area contributed by atoms with Crippen LogP contribution in [0.5, 0.6) is 5.75 Å². The molecule has 1 aromatic heterocycles. The zero-order valence-electron chi connectivity index (χ0n) is 19.8. The van der Waals surface area contributed by atoms with Crippen molar-refractivity contribution in [3.8, 4) is 17.1 Å². The number of hydrogen-bond acceptors (Lipinski definition) is 7. The van der Waals surface area contributed by atoms with Crippen LogP contribution in [0.2, 0.25) is 0 Å². The number of aromatic nitrogens is 3. The van der Waals surface area contributed by atoms with Crippen LogP contribution in [-0.2, 0) is 20.8 Å². The van der Waals surface area contributed by atoms with Crippen LogP contribution in [0.4, 0.5) is 0 Å². The Balaban J connectivity index is 1.49. The van der Waals surface area contributed by atoms with E-state index in [0.717, 1.165) is 42.1 Å². The van der Waals surface area contributed by atoms with Crippen molar-refractivity contribution in [2.45, 2.75) is 35.9 Å². The van der Waals surface area contributed by atoms with E-state index < -0.39 is 5.25 Å². The van der Waals surface area contributed by atoms with E-state index in [9.17, 15) is 4.79 Å². The highest BCUT2D eigenvalue weighted by atomic mass is 32.2. The van der Waals surface area contributed by atoms with Gasteiger partial charge in [0.15, 0.2) is 11.0 Å². The minimum Gasteiger partial charge on any atom is -0.497 e. The standard InChI is InChI=1S/C26H30N4O4S/c1-32-21-11-9-20(10-12-21)24-27-28-26(30(24)18-22-8-5-15-34-22)35-23(19-6-3-2-4-7-19)25(31)29-13-16-33-17-14-29/h2-4,6-7,9-12,22-23H,5,8,13-18H2,1H3. The summed E-state index contributed by atoms with van der Waals surface area (Å²) < 4.78 is 18.8. The molecule has 2 aliphatic rings. The molecule has 35 heavy (non-hydrogen) atoms. The largest absolute Gasteiger partial charge is 0.497 e. The fourth-order valence-electron chi connectivity index (χ4n) is 4.43. The normalized spacial score (nSPS) is 19.0. The van der Waals surface area contributed by atoms with E-state index in [1.54, 1.807) is 7.11 Å². The molecule has 0 radical (unpaired) electrons. The zero-order valence-corrected chi connectivity index (χ0v) is 20.7. The van der Waals surface area contributed by atoms with E-state index in [1.807, 2.05) is 59.5 Å². The van der Waals surface area contributed by atoms with Crippen molar-refractivity contribution in [1.82, 2.24) is 19.7 Å². The lowest BCUT2D eigenvalue weighted by molar-refractivity contribution is -0.134. The highest BCUT2D eigenvalue weighted by Crippen LogP contribution is 2.38. The summed E-state index contributed by atoms with van der Waals surface area (Å²) in [6.45, 7) is 3.74. The van der Waals surface area contributed by atoms with Crippen LogP contribution in [0.1, 0.15) is 23.7 Å². The number of ether oxygens (including phenoxy) is 3. The molecular formula is C26H30N4O4S. The molecule has 0 N–H and O–H groups in total. The number of amides is 1. The number of hydrogen-bond donors (Lipinski definition) is 0. The molecular weight excluding hydrogens is 464 g/mol. The van der Waals surface area contributed by atoms with Crippen molar-refractivity contribution in [3.05, 3.63) is 60.2 Å². The first-order chi connectivity index (χ1) is 17.2. The van der Waals surface area contributed by atoms with Gasteiger partial charge in [-0.2, -0.15) is 0 Å². The molecule has 2 aromatic carbocycles. The van der Waals surface area contributed by atoms with Gasteiger partial charge in [-0.25, -0.2) is 0 Å². The molecule has 0 bridgehead atoms. The summed E-state index contributed by atoms with van der Waals surface area (Å²) in [5.41, 5.74) is 1.89. The predicted octanol–water partition coefficient (Wildman–Crippen LogP) is 3.82. The summed E-state index contributed by atoms with van der Waals surface area (Å²) in [7, 11) is 1.65. The predicted molar refractivity (Wildman–Crippen MR) is 133 cm³/mol. The SMILES string of the molecule is COc1ccc(-c2nnc(SC(C(=O)N3CCOCC3)c3ccccc3)n2CC2CCCO2)cc1. The third-order valence-corrected chi connectivity index (χ3v) is 7.57. The number of thioether (sulfide) groups is 1. The number of carbonyl (C=O) groups is 1. The van der Waals surface area contributed by atoms with Gasteiger partial charge in [0.25, 0.3) is 0 Å². The lowest BCUT2D eigenvalue weighted by atomic mass is 10.1. The molecule has 2 aliphatic heterocycles. The molecule has 2 atom stereocenters. The summed E-state index contributed by atoms with van der Waals surface area (Å²) in [6.07, 6.45) is 2.15. The van der Waals surface area contributed by atoms with Crippen molar-refractivity contribution in [3.63, 3.8) is 0 Å². The van der Waals surface area contributed by atoms with Gasteiger partial charge in [-0.1, -0.05) is 42.1 Å². The van der Waals surface area contributed by atoms with Gasteiger partial charge in [-0.05, 0) is 42.7 Å². The fraction of sp³-hybridized carbons (Fsp3) is 0.423. The maximum absolute atomic E-state index is 13.7. The number of rotatable bonds is 8. The second-order valence-corrected chi connectivity index (χ2v) is 9.70. The number of benzene rings is 2. The second-order valence-electron chi connectivity index (χ2n) is 8.63. The second kappa shape index (κ2) is 11.2. The topological polar surface area (TPSA) is 78.7 Å². The summed E-state index contributed by atoms with van der Waals surface area (Å²) in [4.78, 5) is 15.5. The average molecular weight is 495 g/mol. The Morgan fingerprint density at radius 3 is 2.54 bits per heavy atom. The molecule has 184 valence electrons. The Hall–Kier alpha value is -2.88. The van der Waals surface area contributed by atoms with Gasteiger partial charge in [0, 0.05) is 25.3 Å². The molecule has 3 heterocycles. The van der Waals surface area contributed by atoms with Gasteiger partial charge in [-0.15, -0.1) is 10.2 Å². The Morgan fingerprint density at radius 2 is 1.86 bits per heavy atom. The highest BCUT2D eigenvalue weighted by Gasteiger charge is 2.31. The van der Waals surface area contributed by atoms with Crippen molar-refractivity contribution >= 4 is 17.7 Å². The minimum atomic E-state index is -0.425. The zero-order chi connectivity index (χ0) is 24.0. The lowest BCUT2D eigenvalue weighted by Gasteiger charge is -2.30. The first-order valence-electron chi connectivity index (χ1n) is 12.0. The van der Waals surface area contributed by atoms with Gasteiger partial charge in [0.2, 0.25) is 5.91 Å². The van der Waals surface area contributed by atoms with Crippen molar-refractivity contribution in [1.29, 1.82) is 0 Å². The van der Waals surface area contributed by atoms with Crippen LogP contribution in [0, 0.1) is 0 Å². The van der Waals surface area contributed by atoms with Gasteiger partial charge in [0.05, 0.1) is 33.0 Å². The average Bonchev–Trinajstić information content (AvgIpc) is 3.58. The molecule has 5 rings (SSSR count). The molecule has 0 aliphatic carbocycles. The van der Waals surface area contributed by atoms with Gasteiger partial charge >= 0.3 is 0 Å². The Bertz CT molecular complexity index is 1110. The van der Waals surface area contributed by atoms with Crippen LogP contribution >= 0.6 is 11.8 Å². The molecule has 0 saturated carbocycles. The Morgan fingerprint density at radius 1 is 1.09 bits per heavy atom. The summed E-state index contributed by atoms with van der Waals surface area (Å²) in [5, 5.41) is 9.40. The Labute approximate surface area is 209 Å². The molecule has 1 amide bonds. The third kappa shape index (κ3) is 5.52. The monoisotopic (exact) mass is 494 g/mol. The van der Waals surface area contributed by atoms with E-state index in [2.05, 4.69) is 14.8 Å². The summed E-state index contributed by atoms with van der Waals surface area (Å²) in [5.74, 6) is 1.62. The van der Waals surface area contributed by atoms with Crippen LogP contribution < -0.4 is 4.74 Å². The van der Waals surface area contributed by atoms with Crippen LogP contribution in [0.15, 0.2) is 59.8 Å². The number of nitrogens with zero attached hydrogens (tertiary/aromatic N) is 4. The van der Waals surface area contributed by atoms with E-state index in [4.69, 9.17) is 14.2 Å². The maximum Gasteiger partial charge on any atom is 0.240 e. The van der Waals surface area contributed by atoms with Crippen LogP contribution in [0.25, 0.3) is 11.4 Å². The van der Waals surface area contributed by atoms with Crippen LogP contribution in [-0.4, -0.2) is 71.7 Å². The van der Waals surface area contributed by atoms with Crippen LogP contribution in [0.3, 0.4) is 0 Å². The van der Waals surface area contributed by atoms with Gasteiger partial charge in [-0.3, -0.25) is 9.36 Å². The molecule has 2 saturated heterocycles. The highest BCUT2D eigenvalue weighted by molar-refractivity contribution is 8.00. The van der Waals surface area contributed by atoms with Crippen molar-refractivity contribution in [2.75, 3.05) is 40.0 Å². The third-order valence-electron chi connectivity index (χ3n) is 6.35. The quantitative estimate of drug-likeness (QED) is 0.441. The fourth-order valence-corrected chi connectivity index (χ4v) is 5.56. The van der Waals surface area contributed by atoms with Crippen molar-refractivity contribution in [2.24, 2.45) is 0 Å². The number of morpholine rings is 1. The molecule has 0 spiro atoms. The summed E-state index contributed by atoms with van der Waals surface area (Å²) in [6, 6.07) is 17.7. The smallest absolute Gasteiger partial charge is 0.240 e. The van der Waals surface area contributed by atoms with E-state index in [1.165, 1.54) is 11.8 Å². The first-order valence-corrected chi connectivity index (χ1v) is 12.9. The number of methoxy groups -OCH3 is 1.